The lowest BCUT2D eigenvalue weighted by molar-refractivity contribution is -0.153. The van der Waals surface area contributed by atoms with Crippen LogP contribution in [0.2, 0.25) is 0 Å². The molecule has 0 aliphatic rings. The molecule has 0 aromatic heterocycles. The van der Waals surface area contributed by atoms with Gasteiger partial charge in [0.25, 0.3) is 5.91 Å². The molecule has 5 nitrogen and oxygen atoms in total. The molecule has 0 fully saturated rings. The van der Waals surface area contributed by atoms with Gasteiger partial charge < -0.3 is 14.8 Å². The summed E-state index contributed by atoms with van der Waals surface area (Å²) in [6.07, 6.45) is -0.126. The number of aryl methyl sites for hydroxylation is 3. The van der Waals surface area contributed by atoms with E-state index in [2.05, 4.69) is 5.32 Å². The van der Waals surface area contributed by atoms with E-state index >= 15 is 0 Å². The quantitative estimate of drug-likeness (QED) is 0.555. The zero-order valence-corrected chi connectivity index (χ0v) is 16.4. The Morgan fingerprint density at radius 1 is 1.04 bits per heavy atom. The Balaban J connectivity index is 1.73. The van der Waals surface area contributed by atoms with E-state index in [4.69, 9.17) is 9.47 Å². The fraction of sp³-hybridized carbons (Fsp3) is 0.364. The number of carbonyl (C=O) groups excluding carboxylic acids is 2. The average molecular weight is 369 g/mol. The third kappa shape index (κ3) is 6.44. The molecule has 1 N–H and O–H groups in total. The summed E-state index contributed by atoms with van der Waals surface area (Å²) in [4.78, 5) is 24.2. The molecule has 2 rings (SSSR count). The van der Waals surface area contributed by atoms with Crippen molar-refractivity contribution in [1.29, 1.82) is 0 Å². The van der Waals surface area contributed by atoms with Crippen LogP contribution in [0.1, 0.15) is 36.5 Å². The van der Waals surface area contributed by atoms with Crippen LogP contribution in [0.25, 0.3) is 0 Å². The number of benzene rings is 2. The van der Waals surface area contributed by atoms with Crippen molar-refractivity contribution in [3.63, 3.8) is 0 Å². The van der Waals surface area contributed by atoms with E-state index in [1.54, 1.807) is 6.92 Å². The summed E-state index contributed by atoms with van der Waals surface area (Å²) >= 11 is 0. The lowest BCUT2D eigenvalue weighted by Crippen LogP contribution is -2.30. The minimum absolute atomic E-state index is 0.201. The Morgan fingerprint density at radius 2 is 1.70 bits per heavy atom. The molecule has 2 aromatic rings. The van der Waals surface area contributed by atoms with E-state index in [1.807, 2.05) is 63.2 Å². The Morgan fingerprint density at radius 3 is 2.37 bits per heavy atom. The highest BCUT2D eigenvalue weighted by molar-refractivity contribution is 5.96. The van der Waals surface area contributed by atoms with Gasteiger partial charge in [0.15, 0.2) is 6.10 Å². The van der Waals surface area contributed by atoms with Gasteiger partial charge in [-0.2, -0.15) is 0 Å². The molecule has 0 saturated heterocycles. The molecule has 0 saturated carbocycles. The van der Waals surface area contributed by atoms with E-state index in [-0.39, 0.29) is 12.3 Å². The lowest BCUT2D eigenvalue weighted by Gasteiger charge is -2.16. The summed E-state index contributed by atoms with van der Waals surface area (Å²) < 4.78 is 10.8. The van der Waals surface area contributed by atoms with Crippen LogP contribution >= 0.6 is 0 Å². The number of para-hydroxylation sites is 1. The SMILES string of the molecule is Cc1cccc(OCCCC(=O)OC(C)C(=O)Nc2c(C)cccc2C)c1. The maximum Gasteiger partial charge on any atom is 0.306 e. The highest BCUT2D eigenvalue weighted by Gasteiger charge is 2.19. The smallest absolute Gasteiger partial charge is 0.306 e. The first kappa shape index (κ1) is 20.5. The van der Waals surface area contributed by atoms with Crippen molar-refractivity contribution >= 4 is 17.6 Å². The first-order valence-corrected chi connectivity index (χ1v) is 9.13. The molecule has 1 amide bonds. The number of hydrogen-bond acceptors (Lipinski definition) is 4. The maximum absolute atomic E-state index is 12.3. The first-order valence-electron chi connectivity index (χ1n) is 9.13. The van der Waals surface area contributed by atoms with Crippen LogP contribution < -0.4 is 10.1 Å². The second-order valence-electron chi connectivity index (χ2n) is 6.66. The second-order valence-corrected chi connectivity index (χ2v) is 6.66. The fourth-order valence-corrected chi connectivity index (χ4v) is 2.66. The standard InChI is InChI=1S/C22H27NO4/c1-15-8-5-11-19(14-15)26-13-7-12-20(24)27-18(4)22(25)23-21-16(2)9-6-10-17(21)3/h5-6,8-11,14,18H,7,12-13H2,1-4H3,(H,23,25). The lowest BCUT2D eigenvalue weighted by atomic mass is 10.1. The molecule has 0 spiro atoms. The van der Waals surface area contributed by atoms with Gasteiger partial charge >= 0.3 is 5.97 Å². The molecule has 144 valence electrons. The molecule has 27 heavy (non-hydrogen) atoms. The van der Waals surface area contributed by atoms with E-state index < -0.39 is 12.1 Å². The molecular weight excluding hydrogens is 342 g/mol. The van der Waals surface area contributed by atoms with Crippen molar-refractivity contribution in [2.75, 3.05) is 11.9 Å². The number of nitrogens with one attached hydrogen (secondary N) is 1. The summed E-state index contributed by atoms with van der Waals surface area (Å²) in [5.74, 6) is 0.0356. The van der Waals surface area contributed by atoms with E-state index in [1.165, 1.54) is 0 Å². The summed E-state index contributed by atoms with van der Waals surface area (Å²) in [7, 11) is 0. The van der Waals surface area contributed by atoms with Crippen LogP contribution in [-0.4, -0.2) is 24.6 Å². The van der Waals surface area contributed by atoms with Crippen molar-refractivity contribution in [3.05, 3.63) is 59.2 Å². The Labute approximate surface area is 160 Å². The van der Waals surface area contributed by atoms with Gasteiger partial charge in [-0.25, -0.2) is 0 Å². The molecular formula is C22H27NO4. The van der Waals surface area contributed by atoms with Crippen molar-refractivity contribution in [2.45, 2.75) is 46.6 Å². The monoisotopic (exact) mass is 369 g/mol. The predicted octanol–water partition coefficient (Wildman–Crippen LogP) is 4.34. The van der Waals surface area contributed by atoms with Crippen LogP contribution in [0.3, 0.4) is 0 Å². The number of hydrogen-bond donors (Lipinski definition) is 1. The Hall–Kier alpha value is -2.82. The Bertz CT molecular complexity index is 780. The number of esters is 1. The van der Waals surface area contributed by atoms with E-state index in [0.29, 0.717) is 13.0 Å². The fourth-order valence-electron chi connectivity index (χ4n) is 2.66. The van der Waals surface area contributed by atoms with Crippen LogP contribution in [-0.2, 0) is 14.3 Å². The average Bonchev–Trinajstić information content (AvgIpc) is 2.62. The molecule has 0 radical (unpaired) electrons. The van der Waals surface area contributed by atoms with E-state index in [0.717, 1.165) is 28.1 Å². The van der Waals surface area contributed by atoms with Crippen LogP contribution in [0, 0.1) is 20.8 Å². The first-order chi connectivity index (χ1) is 12.9. The van der Waals surface area contributed by atoms with Gasteiger partial charge in [0, 0.05) is 12.1 Å². The molecule has 1 unspecified atom stereocenters. The molecule has 5 heteroatoms. The van der Waals surface area contributed by atoms with Crippen molar-refractivity contribution < 1.29 is 19.1 Å². The molecule has 2 aromatic carbocycles. The predicted molar refractivity (Wildman–Crippen MR) is 106 cm³/mol. The van der Waals surface area contributed by atoms with Crippen molar-refractivity contribution in [2.24, 2.45) is 0 Å². The van der Waals surface area contributed by atoms with Crippen molar-refractivity contribution in [1.82, 2.24) is 0 Å². The van der Waals surface area contributed by atoms with Gasteiger partial charge in [-0.3, -0.25) is 9.59 Å². The largest absolute Gasteiger partial charge is 0.494 e. The van der Waals surface area contributed by atoms with Crippen molar-refractivity contribution in [3.8, 4) is 5.75 Å². The van der Waals surface area contributed by atoms with Crippen LogP contribution in [0.4, 0.5) is 5.69 Å². The molecule has 0 heterocycles. The maximum atomic E-state index is 12.3. The van der Waals surface area contributed by atoms with Crippen LogP contribution in [0.15, 0.2) is 42.5 Å². The number of ether oxygens (including phenoxy) is 2. The normalized spacial score (nSPS) is 11.6. The number of carbonyl (C=O) groups is 2. The molecule has 0 bridgehead atoms. The minimum Gasteiger partial charge on any atom is -0.494 e. The highest BCUT2D eigenvalue weighted by Crippen LogP contribution is 2.20. The third-order valence-electron chi connectivity index (χ3n) is 4.19. The zero-order valence-electron chi connectivity index (χ0n) is 16.4. The molecule has 1 atom stereocenters. The van der Waals surface area contributed by atoms with Gasteiger partial charge in [-0.15, -0.1) is 0 Å². The van der Waals surface area contributed by atoms with Crippen LogP contribution in [0.5, 0.6) is 5.75 Å². The molecule has 0 aliphatic carbocycles. The second kappa shape index (κ2) is 9.76. The zero-order chi connectivity index (χ0) is 19.8. The van der Waals surface area contributed by atoms with Gasteiger partial charge in [0.1, 0.15) is 5.75 Å². The van der Waals surface area contributed by atoms with Gasteiger partial charge in [0.2, 0.25) is 0 Å². The number of anilines is 1. The Kier molecular flexibility index (Phi) is 7.41. The topological polar surface area (TPSA) is 64.6 Å². The summed E-state index contributed by atoms with van der Waals surface area (Å²) in [5.41, 5.74) is 3.82. The molecule has 0 aliphatic heterocycles. The van der Waals surface area contributed by atoms with Gasteiger partial charge in [-0.05, 0) is 62.9 Å². The summed E-state index contributed by atoms with van der Waals surface area (Å²) in [6, 6.07) is 13.5. The number of rotatable bonds is 8. The van der Waals surface area contributed by atoms with Gasteiger partial charge in [0.05, 0.1) is 6.61 Å². The summed E-state index contributed by atoms with van der Waals surface area (Å²) in [5, 5.41) is 2.84. The summed E-state index contributed by atoms with van der Waals surface area (Å²) in [6.45, 7) is 7.84. The highest BCUT2D eigenvalue weighted by atomic mass is 16.5. The van der Waals surface area contributed by atoms with E-state index in [9.17, 15) is 9.59 Å². The minimum atomic E-state index is -0.853. The van der Waals surface area contributed by atoms with Gasteiger partial charge in [-0.1, -0.05) is 30.3 Å². The number of amides is 1. The third-order valence-corrected chi connectivity index (χ3v) is 4.19.